The third kappa shape index (κ3) is 2.67. The summed E-state index contributed by atoms with van der Waals surface area (Å²) < 4.78 is 39.5. The van der Waals surface area contributed by atoms with E-state index < -0.39 is 10.0 Å². The van der Waals surface area contributed by atoms with Crippen LogP contribution in [-0.2, 0) is 10.0 Å². The summed E-state index contributed by atoms with van der Waals surface area (Å²) in [4.78, 5) is 0.222. The van der Waals surface area contributed by atoms with Crippen LogP contribution in [0.2, 0.25) is 0 Å². The van der Waals surface area contributed by atoms with Crippen molar-refractivity contribution in [2.24, 2.45) is 0 Å². The van der Waals surface area contributed by atoms with Crippen LogP contribution >= 0.6 is 0 Å². The summed E-state index contributed by atoms with van der Waals surface area (Å²) >= 11 is 0. The van der Waals surface area contributed by atoms with Crippen LogP contribution in [0.25, 0.3) is 11.1 Å². The molecule has 0 aliphatic carbocycles. The Labute approximate surface area is 128 Å². The molecule has 0 spiro atoms. The highest BCUT2D eigenvalue weighted by atomic mass is 32.2. The molecule has 0 fully saturated rings. The topological polar surface area (TPSA) is 39.1 Å². The normalized spacial score (nSPS) is 11.5. The van der Waals surface area contributed by atoms with Crippen LogP contribution in [0.3, 0.4) is 0 Å². The molecule has 0 aliphatic rings. The molecular formula is C17H14FNO2S. The van der Waals surface area contributed by atoms with Crippen LogP contribution < -0.4 is 0 Å². The van der Waals surface area contributed by atoms with Gasteiger partial charge in [-0.05, 0) is 42.8 Å². The van der Waals surface area contributed by atoms with Crippen molar-refractivity contribution in [2.75, 3.05) is 0 Å². The molecule has 0 aliphatic heterocycles. The van der Waals surface area contributed by atoms with Gasteiger partial charge in [-0.3, -0.25) is 0 Å². The Hall–Kier alpha value is -2.40. The van der Waals surface area contributed by atoms with E-state index in [4.69, 9.17) is 0 Å². The van der Waals surface area contributed by atoms with Crippen molar-refractivity contribution in [1.82, 2.24) is 3.97 Å². The van der Waals surface area contributed by atoms with E-state index in [2.05, 4.69) is 0 Å². The minimum atomic E-state index is -3.63. The van der Waals surface area contributed by atoms with E-state index in [9.17, 15) is 12.8 Å². The van der Waals surface area contributed by atoms with Crippen molar-refractivity contribution in [3.63, 3.8) is 0 Å². The Bertz CT molecular complexity index is 912. The summed E-state index contributed by atoms with van der Waals surface area (Å²) in [5.41, 5.74) is 2.28. The maximum atomic E-state index is 13.3. The van der Waals surface area contributed by atoms with Crippen LogP contribution in [0.4, 0.5) is 4.39 Å². The van der Waals surface area contributed by atoms with Crippen molar-refractivity contribution in [3.8, 4) is 11.1 Å². The molecule has 0 unspecified atom stereocenters. The lowest BCUT2D eigenvalue weighted by Gasteiger charge is -2.06. The lowest BCUT2D eigenvalue weighted by Crippen LogP contribution is -2.10. The fourth-order valence-corrected chi connectivity index (χ4v) is 3.39. The minimum absolute atomic E-state index is 0.222. The van der Waals surface area contributed by atoms with Crippen molar-refractivity contribution in [3.05, 3.63) is 78.4 Å². The van der Waals surface area contributed by atoms with E-state index in [-0.39, 0.29) is 10.7 Å². The van der Waals surface area contributed by atoms with Crippen LogP contribution in [0.5, 0.6) is 0 Å². The molecule has 0 N–H and O–H groups in total. The molecule has 0 bridgehead atoms. The standard InChI is InChI=1S/C17H14FNO2S/c1-13-5-7-17(8-6-13)22(20,21)19-10-9-15(12-19)14-3-2-4-16(18)11-14/h2-12H,1H3. The van der Waals surface area contributed by atoms with E-state index in [1.165, 1.54) is 24.5 Å². The first-order chi connectivity index (χ1) is 10.5. The van der Waals surface area contributed by atoms with Gasteiger partial charge in [0.15, 0.2) is 0 Å². The van der Waals surface area contributed by atoms with Crippen LogP contribution in [0, 0.1) is 12.7 Å². The number of hydrogen-bond donors (Lipinski definition) is 0. The molecule has 1 heterocycles. The van der Waals surface area contributed by atoms with Gasteiger partial charge in [0.2, 0.25) is 0 Å². The molecule has 0 radical (unpaired) electrons. The summed E-state index contributed by atoms with van der Waals surface area (Å²) in [5, 5.41) is 0. The van der Waals surface area contributed by atoms with Gasteiger partial charge in [0.1, 0.15) is 5.82 Å². The molecule has 1 aromatic heterocycles. The number of hydrogen-bond acceptors (Lipinski definition) is 2. The second-order valence-electron chi connectivity index (χ2n) is 5.06. The molecule has 0 atom stereocenters. The summed E-state index contributed by atoms with van der Waals surface area (Å²) in [7, 11) is -3.63. The number of benzene rings is 2. The molecule has 0 saturated carbocycles. The van der Waals surface area contributed by atoms with Crippen molar-refractivity contribution < 1.29 is 12.8 Å². The third-order valence-electron chi connectivity index (χ3n) is 3.42. The lowest BCUT2D eigenvalue weighted by atomic mass is 10.1. The maximum Gasteiger partial charge on any atom is 0.267 e. The van der Waals surface area contributed by atoms with Crippen molar-refractivity contribution in [2.45, 2.75) is 11.8 Å². The quantitative estimate of drug-likeness (QED) is 0.736. The molecule has 112 valence electrons. The smallest absolute Gasteiger partial charge is 0.248 e. The zero-order chi connectivity index (χ0) is 15.7. The first kappa shape index (κ1) is 14.5. The summed E-state index contributed by atoms with van der Waals surface area (Å²) in [6.07, 6.45) is 2.96. The average Bonchev–Trinajstić information content (AvgIpc) is 2.98. The predicted octanol–water partition coefficient (Wildman–Crippen LogP) is 3.84. The molecule has 0 amide bonds. The molecule has 22 heavy (non-hydrogen) atoms. The largest absolute Gasteiger partial charge is 0.267 e. The second kappa shape index (κ2) is 5.42. The van der Waals surface area contributed by atoms with Crippen molar-refractivity contribution >= 4 is 10.0 Å². The highest BCUT2D eigenvalue weighted by molar-refractivity contribution is 7.90. The van der Waals surface area contributed by atoms with E-state index >= 15 is 0 Å². The van der Waals surface area contributed by atoms with E-state index in [0.29, 0.717) is 11.1 Å². The third-order valence-corrected chi connectivity index (χ3v) is 5.07. The predicted molar refractivity (Wildman–Crippen MR) is 83.6 cm³/mol. The molecule has 2 aromatic carbocycles. The number of nitrogens with zero attached hydrogens (tertiary/aromatic N) is 1. The van der Waals surface area contributed by atoms with E-state index in [1.54, 1.807) is 42.5 Å². The first-order valence-corrected chi connectivity index (χ1v) is 8.17. The second-order valence-corrected chi connectivity index (χ2v) is 6.90. The van der Waals surface area contributed by atoms with Crippen LogP contribution in [0.15, 0.2) is 71.9 Å². The average molecular weight is 315 g/mol. The Balaban J connectivity index is 2.01. The fourth-order valence-electron chi connectivity index (χ4n) is 2.20. The number of aryl methyl sites for hydroxylation is 1. The zero-order valence-electron chi connectivity index (χ0n) is 11.9. The summed E-state index contributed by atoms with van der Waals surface area (Å²) in [5.74, 6) is -0.355. The lowest BCUT2D eigenvalue weighted by molar-refractivity contribution is 0.587. The van der Waals surface area contributed by atoms with Gasteiger partial charge >= 0.3 is 0 Å². The number of aromatic nitrogens is 1. The van der Waals surface area contributed by atoms with Gasteiger partial charge in [0, 0.05) is 18.0 Å². The Morgan fingerprint density at radius 3 is 2.36 bits per heavy atom. The van der Waals surface area contributed by atoms with Gasteiger partial charge in [-0.25, -0.2) is 16.8 Å². The number of halogens is 1. The number of rotatable bonds is 3. The molecule has 5 heteroatoms. The van der Waals surface area contributed by atoms with Gasteiger partial charge < -0.3 is 0 Å². The Morgan fingerprint density at radius 2 is 1.68 bits per heavy atom. The van der Waals surface area contributed by atoms with Gasteiger partial charge in [0.25, 0.3) is 10.0 Å². The molecule has 3 aromatic rings. The van der Waals surface area contributed by atoms with Crippen molar-refractivity contribution in [1.29, 1.82) is 0 Å². The zero-order valence-corrected chi connectivity index (χ0v) is 12.7. The SMILES string of the molecule is Cc1ccc(S(=O)(=O)n2ccc(-c3cccc(F)c3)c2)cc1. The molecule has 3 rings (SSSR count). The Kier molecular flexibility index (Phi) is 3.58. The van der Waals surface area contributed by atoms with E-state index in [1.807, 2.05) is 6.92 Å². The highest BCUT2D eigenvalue weighted by Crippen LogP contribution is 2.23. The maximum absolute atomic E-state index is 13.3. The molecular weight excluding hydrogens is 301 g/mol. The fraction of sp³-hybridized carbons (Fsp3) is 0.0588. The summed E-state index contributed by atoms with van der Waals surface area (Å²) in [6, 6.07) is 14.4. The van der Waals surface area contributed by atoms with Crippen LogP contribution in [-0.4, -0.2) is 12.4 Å². The monoisotopic (exact) mass is 315 g/mol. The van der Waals surface area contributed by atoms with Gasteiger partial charge in [0.05, 0.1) is 4.90 Å². The van der Waals surface area contributed by atoms with Gasteiger partial charge in [-0.15, -0.1) is 0 Å². The van der Waals surface area contributed by atoms with Gasteiger partial charge in [-0.1, -0.05) is 29.8 Å². The van der Waals surface area contributed by atoms with E-state index in [0.717, 1.165) is 9.54 Å². The van der Waals surface area contributed by atoms with Gasteiger partial charge in [-0.2, -0.15) is 0 Å². The highest BCUT2D eigenvalue weighted by Gasteiger charge is 2.16. The van der Waals surface area contributed by atoms with Crippen LogP contribution in [0.1, 0.15) is 5.56 Å². The summed E-state index contributed by atoms with van der Waals surface area (Å²) in [6.45, 7) is 1.90. The minimum Gasteiger partial charge on any atom is -0.248 e. The molecule has 3 nitrogen and oxygen atoms in total. The first-order valence-electron chi connectivity index (χ1n) is 6.73. The molecule has 0 saturated heterocycles. The Morgan fingerprint density at radius 1 is 0.955 bits per heavy atom.